The van der Waals surface area contributed by atoms with Gasteiger partial charge in [0, 0.05) is 5.92 Å². The van der Waals surface area contributed by atoms with Crippen LogP contribution in [0.25, 0.3) is 11.1 Å². The Bertz CT molecular complexity index is 650. The van der Waals surface area contributed by atoms with E-state index in [0.717, 1.165) is 12.8 Å². The summed E-state index contributed by atoms with van der Waals surface area (Å²) in [6.07, 6.45) is 2.15. The van der Waals surface area contributed by atoms with Crippen molar-refractivity contribution in [3.8, 4) is 5.75 Å². The van der Waals surface area contributed by atoms with Gasteiger partial charge in [-0.25, -0.2) is 0 Å². The lowest BCUT2D eigenvalue weighted by atomic mass is 9.88. The molecule has 0 radical (unpaired) electrons. The predicted molar refractivity (Wildman–Crippen MR) is 84.7 cm³/mol. The molecule has 1 unspecified atom stereocenters. The van der Waals surface area contributed by atoms with E-state index in [9.17, 15) is 5.11 Å². The van der Waals surface area contributed by atoms with Crippen molar-refractivity contribution >= 4 is 11.1 Å². The summed E-state index contributed by atoms with van der Waals surface area (Å²) in [6.45, 7) is 4.48. The van der Waals surface area contributed by atoms with Crippen LogP contribution in [0.5, 0.6) is 5.75 Å². The zero-order chi connectivity index (χ0) is 14.1. The SMILES string of the molecule is CCC1=C(c2ccc(O)cc2)C(CC)c2ccccc21. The standard InChI is InChI=1S/C19H20O/c1-3-15-17-7-5-6-8-18(17)16(4-2)19(15)13-9-11-14(20)12-10-13/h5-12,15,20H,3-4H2,1-2H3. The molecule has 0 bridgehead atoms. The average Bonchev–Trinajstić information content (AvgIpc) is 2.81. The van der Waals surface area contributed by atoms with E-state index in [-0.39, 0.29) is 0 Å². The second-order valence-electron chi connectivity index (χ2n) is 5.34. The number of fused-ring (bicyclic) bond motifs is 1. The molecule has 1 aliphatic rings. The molecular formula is C19H20O. The van der Waals surface area contributed by atoms with E-state index in [1.54, 1.807) is 12.1 Å². The van der Waals surface area contributed by atoms with Crippen LogP contribution in [0.15, 0.2) is 48.5 Å². The molecule has 0 spiro atoms. The molecule has 1 aliphatic carbocycles. The molecule has 1 atom stereocenters. The molecule has 0 saturated heterocycles. The first-order valence-corrected chi connectivity index (χ1v) is 7.38. The van der Waals surface area contributed by atoms with Crippen LogP contribution in [0.3, 0.4) is 0 Å². The summed E-state index contributed by atoms with van der Waals surface area (Å²) in [5.74, 6) is 0.807. The van der Waals surface area contributed by atoms with Crippen LogP contribution in [0.4, 0.5) is 0 Å². The maximum absolute atomic E-state index is 9.50. The van der Waals surface area contributed by atoms with Crippen molar-refractivity contribution in [3.05, 3.63) is 65.2 Å². The van der Waals surface area contributed by atoms with Crippen LogP contribution in [-0.4, -0.2) is 5.11 Å². The van der Waals surface area contributed by atoms with Crippen molar-refractivity contribution in [2.45, 2.75) is 32.6 Å². The molecule has 0 amide bonds. The van der Waals surface area contributed by atoms with Crippen molar-refractivity contribution in [2.75, 3.05) is 0 Å². The van der Waals surface area contributed by atoms with E-state index < -0.39 is 0 Å². The number of rotatable bonds is 3. The number of benzene rings is 2. The van der Waals surface area contributed by atoms with Crippen LogP contribution in [0.2, 0.25) is 0 Å². The summed E-state index contributed by atoms with van der Waals surface area (Å²) in [4.78, 5) is 0. The van der Waals surface area contributed by atoms with Gasteiger partial charge in [-0.15, -0.1) is 0 Å². The normalized spacial score (nSPS) is 17.4. The Hall–Kier alpha value is -2.02. The van der Waals surface area contributed by atoms with E-state index >= 15 is 0 Å². The fraction of sp³-hybridized carbons (Fsp3) is 0.263. The fourth-order valence-corrected chi connectivity index (χ4v) is 3.41. The van der Waals surface area contributed by atoms with Crippen LogP contribution in [-0.2, 0) is 0 Å². The molecule has 1 nitrogen and oxygen atoms in total. The van der Waals surface area contributed by atoms with Gasteiger partial charge in [0.1, 0.15) is 5.75 Å². The van der Waals surface area contributed by atoms with Crippen molar-refractivity contribution < 1.29 is 5.11 Å². The Kier molecular flexibility index (Phi) is 3.35. The lowest BCUT2D eigenvalue weighted by Crippen LogP contribution is -1.97. The summed E-state index contributed by atoms with van der Waals surface area (Å²) < 4.78 is 0. The molecule has 0 fully saturated rings. The van der Waals surface area contributed by atoms with Gasteiger partial charge >= 0.3 is 0 Å². The third-order valence-electron chi connectivity index (χ3n) is 4.28. The lowest BCUT2D eigenvalue weighted by Gasteiger charge is -2.15. The number of allylic oxidation sites excluding steroid dienone is 2. The van der Waals surface area contributed by atoms with E-state index in [1.807, 2.05) is 12.1 Å². The Labute approximate surface area is 120 Å². The first-order valence-electron chi connectivity index (χ1n) is 7.38. The van der Waals surface area contributed by atoms with E-state index in [0.29, 0.717) is 11.7 Å². The molecule has 0 heterocycles. The number of hydrogen-bond acceptors (Lipinski definition) is 1. The van der Waals surface area contributed by atoms with Crippen molar-refractivity contribution in [3.63, 3.8) is 0 Å². The van der Waals surface area contributed by atoms with Gasteiger partial charge in [0.25, 0.3) is 0 Å². The highest BCUT2D eigenvalue weighted by atomic mass is 16.3. The molecule has 2 aromatic carbocycles. The quantitative estimate of drug-likeness (QED) is 0.805. The molecule has 102 valence electrons. The highest BCUT2D eigenvalue weighted by Gasteiger charge is 2.29. The lowest BCUT2D eigenvalue weighted by molar-refractivity contribution is 0.475. The van der Waals surface area contributed by atoms with Gasteiger partial charge in [0.2, 0.25) is 0 Å². The molecule has 0 aliphatic heterocycles. The van der Waals surface area contributed by atoms with Crippen LogP contribution < -0.4 is 0 Å². The second-order valence-corrected chi connectivity index (χ2v) is 5.34. The van der Waals surface area contributed by atoms with Gasteiger partial charge in [0.15, 0.2) is 0 Å². The van der Waals surface area contributed by atoms with Gasteiger partial charge in [0.05, 0.1) is 0 Å². The van der Waals surface area contributed by atoms with E-state index in [4.69, 9.17) is 0 Å². The zero-order valence-electron chi connectivity index (χ0n) is 12.1. The van der Waals surface area contributed by atoms with Crippen molar-refractivity contribution in [2.24, 2.45) is 0 Å². The number of phenols is 1. The maximum atomic E-state index is 9.50. The fourth-order valence-electron chi connectivity index (χ4n) is 3.41. The Morgan fingerprint density at radius 3 is 2.30 bits per heavy atom. The average molecular weight is 264 g/mol. The predicted octanol–water partition coefficient (Wildman–Crippen LogP) is 5.22. The monoisotopic (exact) mass is 264 g/mol. The van der Waals surface area contributed by atoms with Gasteiger partial charge in [-0.3, -0.25) is 0 Å². The largest absolute Gasteiger partial charge is 0.508 e. The molecule has 20 heavy (non-hydrogen) atoms. The van der Waals surface area contributed by atoms with Gasteiger partial charge < -0.3 is 5.11 Å². The first kappa shape index (κ1) is 13.0. The number of aromatic hydroxyl groups is 1. The van der Waals surface area contributed by atoms with E-state index in [1.165, 1.54) is 27.8 Å². The van der Waals surface area contributed by atoms with E-state index in [2.05, 4.69) is 38.1 Å². The summed E-state index contributed by atoms with van der Waals surface area (Å²) in [7, 11) is 0. The first-order chi connectivity index (χ1) is 9.76. The Morgan fingerprint density at radius 2 is 1.65 bits per heavy atom. The number of phenolic OH excluding ortho intramolecular Hbond substituents is 1. The van der Waals surface area contributed by atoms with Gasteiger partial charge in [-0.05, 0) is 52.8 Å². The third-order valence-corrected chi connectivity index (χ3v) is 4.28. The maximum Gasteiger partial charge on any atom is 0.115 e. The molecule has 0 saturated carbocycles. The molecule has 2 aromatic rings. The van der Waals surface area contributed by atoms with Gasteiger partial charge in [-0.2, -0.15) is 0 Å². The molecule has 0 aromatic heterocycles. The summed E-state index contributed by atoms with van der Waals surface area (Å²) in [6, 6.07) is 16.4. The smallest absolute Gasteiger partial charge is 0.115 e. The molecular weight excluding hydrogens is 244 g/mol. The summed E-state index contributed by atoms with van der Waals surface area (Å²) in [5, 5.41) is 9.50. The molecule has 1 N–H and O–H groups in total. The highest BCUT2D eigenvalue weighted by Crippen LogP contribution is 2.49. The Balaban J connectivity index is 2.19. The highest BCUT2D eigenvalue weighted by molar-refractivity contribution is 5.99. The third kappa shape index (κ3) is 1.94. The Morgan fingerprint density at radius 1 is 0.950 bits per heavy atom. The molecule has 3 rings (SSSR count). The van der Waals surface area contributed by atoms with Gasteiger partial charge in [-0.1, -0.05) is 50.2 Å². The van der Waals surface area contributed by atoms with Crippen LogP contribution >= 0.6 is 0 Å². The summed E-state index contributed by atoms with van der Waals surface area (Å²) >= 11 is 0. The zero-order valence-corrected chi connectivity index (χ0v) is 12.1. The van der Waals surface area contributed by atoms with Crippen molar-refractivity contribution in [1.82, 2.24) is 0 Å². The number of hydrogen-bond donors (Lipinski definition) is 1. The minimum atomic E-state index is 0.330. The molecule has 1 heteroatoms. The van der Waals surface area contributed by atoms with Crippen LogP contribution in [0, 0.1) is 0 Å². The topological polar surface area (TPSA) is 20.2 Å². The second kappa shape index (κ2) is 5.16. The minimum Gasteiger partial charge on any atom is -0.508 e. The summed E-state index contributed by atoms with van der Waals surface area (Å²) in [5.41, 5.74) is 7.00. The van der Waals surface area contributed by atoms with Crippen molar-refractivity contribution in [1.29, 1.82) is 0 Å². The van der Waals surface area contributed by atoms with Crippen LogP contribution in [0.1, 0.15) is 49.3 Å². The minimum absolute atomic E-state index is 0.330.